The Morgan fingerprint density at radius 2 is 0.981 bits per heavy atom. The first-order valence-electron chi connectivity index (χ1n) is 17.7. The van der Waals surface area contributed by atoms with Gasteiger partial charge in [-0.15, -0.1) is 0 Å². The fourth-order valence-corrected chi connectivity index (χ4v) is 7.78. The van der Waals surface area contributed by atoms with Crippen LogP contribution in [0.3, 0.4) is 0 Å². The van der Waals surface area contributed by atoms with Gasteiger partial charge in [-0.3, -0.25) is 4.98 Å². The van der Waals surface area contributed by atoms with Gasteiger partial charge in [0, 0.05) is 45.2 Å². The quantitative estimate of drug-likeness (QED) is 0.186. The highest BCUT2D eigenvalue weighted by molar-refractivity contribution is 6.22. The first-order chi connectivity index (χ1) is 26.2. The van der Waals surface area contributed by atoms with E-state index in [1.807, 2.05) is 24.5 Å². The summed E-state index contributed by atoms with van der Waals surface area (Å²) < 4.78 is 6.39. The first kappa shape index (κ1) is 29.5. The number of furan rings is 1. The van der Waals surface area contributed by atoms with Crippen LogP contribution in [0.1, 0.15) is 0 Å². The van der Waals surface area contributed by atoms with E-state index in [4.69, 9.17) is 19.4 Å². The SMILES string of the molecule is c1ccc2cc(-c3nc(-c4ccc5ccccc5c4)nc(-c4cccc5cc(-c6cc7oc8ccccc8c7c7ccncc67)ccc45)n3)ccc2c1. The molecule has 0 aliphatic heterocycles. The zero-order valence-electron chi connectivity index (χ0n) is 28.4. The Bertz CT molecular complexity index is 3160. The summed E-state index contributed by atoms with van der Waals surface area (Å²) in [6.45, 7) is 0. The molecule has 0 aliphatic rings. The third kappa shape index (κ3) is 4.86. The van der Waals surface area contributed by atoms with Crippen molar-refractivity contribution in [1.82, 2.24) is 19.9 Å². The Labute approximate surface area is 303 Å². The van der Waals surface area contributed by atoms with Gasteiger partial charge >= 0.3 is 0 Å². The van der Waals surface area contributed by atoms with Crippen LogP contribution in [0.2, 0.25) is 0 Å². The maximum Gasteiger partial charge on any atom is 0.164 e. The van der Waals surface area contributed by atoms with E-state index < -0.39 is 0 Å². The number of aromatic nitrogens is 4. The summed E-state index contributed by atoms with van der Waals surface area (Å²) in [5.41, 5.74) is 6.73. The van der Waals surface area contributed by atoms with Crippen molar-refractivity contribution in [3.05, 3.63) is 170 Å². The Hall–Kier alpha value is -7.24. The van der Waals surface area contributed by atoms with Crippen molar-refractivity contribution < 1.29 is 4.42 Å². The molecule has 5 nitrogen and oxygen atoms in total. The van der Waals surface area contributed by atoms with Gasteiger partial charge in [0.25, 0.3) is 0 Å². The van der Waals surface area contributed by atoms with Crippen molar-refractivity contribution in [2.45, 2.75) is 0 Å². The molecular weight excluding hydrogens is 649 g/mol. The van der Waals surface area contributed by atoms with Crippen molar-refractivity contribution in [3.63, 3.8) is 0 Å². The highest BCUT2D eigenvalue weighted by Gasteiger charge is 2.18. The molecule has 0 aliphatic carbocycles. The van der Waals surface area contributed by atoms with Crippen LogP contribution in [0.25, 0.3) is 110 Å². The average Bonchev–Trinajstić information content (AvgIpc) is 3.61. The first-order valence-corrected chi connectivity index (χ1v) is 17.7. The molecule has 246 valence electrons. The topological polar surface area (TPSA) is 64.7 Å². The lowest BCUT2D eigenvalue weighted by Crippen LogP contribution is -2.00. The molecule has 0 spiro atoms. The molecule has 3 aromatic heterocycles. The summed E-state index contributed by atoms with van der Waals surface area (Å²) in [5, 5.41) is 11.2. The number of benzene rings is 8. The highest BCUT2D eigenvalue weighted by atomic mass is 16.3. The highest BCUT2D eigenvalue weighted by Crippen LogP contribution is 2.41. The van der Waals surface area contributed by atoms with Crippen LogP contribution in [-0.2, 0) is 0 Å². The fourth-order valence-electron chi connectivity index (χ4n) is 7.78. The molecule has 0 amide bonds. The van der Waals surface area contributed by atoms with E-state index in [0.717, 1.165) is 82.1 Å². The van der Waals surface area contributed by atoms with E-state index in [-0.39, 0.29) is 0 Å². The van der Waals surface area contributed by atoms with E-state index in [9.17, 15) is 0 Å². The van der Waals surface area contributed by atoms with E-state index in [2.05, 4.69) is 151 Å². The number of para-hydroxylation sites is 1. The van der Waals surface area contributed by atoms with Gasteiger partial charge in [0.15, 0.2) is 17.5 Å². The lowest BCUT2D eigenvalue weighted by molar-refractivity contribution is 0.669. The Kier molecular flexibility index (Phi) is 6.48. The van der Waals surface area contributed by atoms with E-state index >= 15 is 0 Å². The Morgan fingerprint density at radius 1 is 0.358 bits per heavy atom. The molecule has 3 heterocycles. The van der Waals surface area contributed by atoms with Gasteiger partial charge in [-0.1, -0.05) is 121 Å². The molecule has 5 heteroatoms. The molecule has 0 saturated heterocycles. The second-order valence-electron chi connectivity index (χ2n) is 13.5. The minimum atomic E-state index is 0.628. The molecule has 0 radical (unpaired) electrons. The van der Waals surface area contributed by atoms with Crippen molar-refractivity contribution in [3.8, 4) is 45.3 Å². The standard InChI is InChI=1S/C48H28N4O/c1-3-10-31-24-35(18-16-29(31)8-1)46-50-47(36-19-17-30-9-2-4-11-32(30)25-36)52-48(51-46)39-14-7-12-33-26-34(20-21-37(33)39)41-27-44-45(38-22-23-49-28-42(38)41)40-13-5-6-15-43(40)53-44/h1-28H. The molecule has 0 atom stereocenters. The number of hydrogen-bond acceptors (Lipinski definition) is 5. The van der Waals surface area contributed by atoms with Crippen LogP contribution in [0.5, 0.6) is 0 Å². The second kappa shape index (κ2) is 11.7. The van der Waals surface area contributed by atoms with Gasteiger partial charge in [-0.25, -0.2) is 15.0 Å². The normalized spacial score (nSPS) is 11.8. The minimum Gasteiger partial charge on any atom is -0.456 e. The van der Waals surface area contributed by atoms with E-state index in [1.165, 1.54) is 10.8 Å². The lowest BCUT2D eigenvalue weighted by atomic mass is 9.93. The van der Waals surface area contributed by atoms with Crippen molar-refractivity contribution in [2.75, 3.05) is 0 Å². The van der Waals surface area contributed by atoms with Crippen LogP contribution in [0.4, 0.5) is 0 Å². The van der Waals surface area contributed by atoms with E-state index in [0.29, 0.717) is 17.5 Å². The zero-order chi connectivity index (χ0) is 34.9. The van der Waals surface area contributed by atoms with Crippen LogP contribution in [0, 0.1) is 0 Å². The number of hydrogen-bond donors (Lipinski definition) is 0. The smallest absolute Gasteiger partial charge is 0.164 e. The van der Waals surface area contributed by atoms with Crippen LogP contribution in [0.15, 0.2) is 175 Å². The van der Waals surface area contributed by atoms with Gasteiger partial charge in [0.2, 0.25) is 0 Å². The number of nitrogens with zero attached hydrogens (tertiary/aromatic N) is 4. The van der Waals surface area contributed by atoms with Gasteiger partial charge in [0.1, 0.15) is 11.2 Å². The number of rotatable bonds is 4. The molecule has 0 fully saturated rings. The van der Waals surface area contributed by atoms with Gasteiger partial charge in [0.05, 0.1) is 0 Å². The van der Waals surface area contributed by atoms with Crippen LogP contribution < -0.4 is 0 Å². The molecule has 11 aromatic rings. The molecular formula is C48H28N4O. The average molecular weight is 677 g/mol. The van der Waals surface area contributed by atoms with Gasteiger partial charge in [-0.2, -0.15) is 0 Å². The summed E-state index contributed by atoms with van der Waals surface area (Å²) in [6.07, 6.45) is 3.81. The lowest BCUT2D eigenvalue weighted by Gasteiger charge is -2.13. The van der Waals surface area contributed by atoms with Crippen molar-refractivity contribution in [2.24, 2.45) is 0 Å². The summed E-state index contributed by atoms with van der Waals surface area (Å²) in [7, 11) is 0. The Balaban J connectivity index is 1.09. The largest absolute Gasteiger partial charge is 0.456 e. The van der Waals surface area contributed by atoms with Crippen molar-refractivity contribution >= 4 is 65.0 Å². The third-order valence-electron chi connectivity index (χ3n) is 10.4. The zero-order valence-corrected chi connectivity index (χ0v) is 28.4. The van der Waals surface area contributed by atoms with Crippen molar-refractivity contribution in [1.29, 1.82) is 0 Å². The predicted molar refractivity (Wildman–Crippen MR) is 217 cm³/mol. The fraction of sp³-hybridized carbons (Fsp3) is 0. The molecule has 53 heavy (non-hydrogen) atoms. The van der Waals surface area contributed by atoms with E-state index in [1.54, 1.807) is 0 Å². The summed E-state index contributed by atoms with van der Waals surface area (Å²) in [5.74, 6) is 1.90. The summed E-state index contributed by atoms with van der Waals surface area (Å²) >= 11 is 0. The second-order valence-corrected chi connectivity index (χ2v) is 13.5. The molecule has 0 bridgehead atoms. The monoisotopic (exact) mass is 676 g/mol. The maximum absolute atomic E-state index is 6.39. The third-order valence-corrected chi connectivity index (χ3v) is 10.4. The predicted octanol–water partition coefficient (Wildman–Crippen LogP) is 12.4. The molecule has 0 unspecified atom stereocenters. The van der Waals surface area contributed by atoms with Gasteiger partial charge in [-0.05, 0) is 85.2 Å². The molecule has 0 N–H and O–H groups in total. The summed E-state index contributed by atoms with van der Waals surface area (Å²) in [4.78, 5) is 19.9. The molecule has 8 aromatic carbocycles. The number of fused-ring (bicyclic) bond motifs is 8. The molecule has 0 saturated carbocycles. The number of pyridine rings is 1. The van der Waals surface area contributed by atoms with Crippen LogP contribution in [-0.4, -0.2) is 19.9 Å². The minimum absolute atomic E-state index is 0.628. The Morgan fingerprint density at radius 3 is 1.74 bits per heavy atom. The van der Waals surface area contributed by atoms with Crippen LogP contribution >= 0.6 is 0 Å². The maximum atomic E-state index is 6.39. The van der Waals surface area contributed by atoms with Gasteiger partial charge < -0.3 is 4.42 Å². The molecule has 11 rings (SSSR count). The summed E-state index contributed by atoms with van der Waals surface area (Å²) in [6, 6.07) is 54.9.